The van der Waals surface area contributed by atoms with Crippen molar-refractivity contribution in [3.8, 4) is 17.2 Å². The lowest BCUT2D eigenvalue weighted by molar-refractivity contribution is -0.384. The molecule has 0 saturated carbocycles. The monoisotopic (exact) mass is 388 g/mol. The Balaban J connectivity index is 2.25. The van der Waals surface area contributed by atoms with Crippen LogP contribution in [0, 0.1) is 10.1 Å². The van der Waals surface area contributed by atoms with E-state index in [4.69, 9.17) is 14.2 Å². The molecule has 0 radical (unpaired) electrons. The summed E-state index contributed by atoms with van der Waals surface area (Å²) in [6, 6.07) is 6.07. The van der Waals surface area contributed by atoms with Crippen LogP contribution in [-0.4, -0.2) is 43.0 Å². The minimum Gasteiger partial charge on any atom is -0.493 e. The van der Waals surface area contributed by atoms with E-state index < -0.39 is 22.2 Å². The molecule has 2 N–H and O–H groups in total. The number of methoxy groups -OCH3 is 3. The number of nitrogens with zero attached hydrogens (tertiary/aromatic N) is 1. The molecule has 0 saturated heterocycles. The van der Waals surface area contributed by atoms with E-state index in [1.165, 1.54) is 39.5 Å². The number of aliphatic hydroxyl groups is 1. The summed E-state index contributed by atoms with van der Waals surface area (Å²) in [5, 5.41) is 24.6. The second-order valence-corrected chi connectivity index (χ2v) is 5.86. The Bertz CT molecular complexity index is 1000. The number of benzene rings is 2. The fraction of sp³-hybridized carbons (Fsp3) is 0.222. The van der Waals surface area contributed by atoms with Gasteiger partial charge in [0.15, 0.2) is 11.5 Å². The van der Waals surface area contributed by atoms with E-state index in [0.717, 1.165) is 12.1 Å². The summed E-state index contributed by atoms with van der Waals surface area (Å²) in [4.78, 5) is 36.1. The number of carbonyl (C=O) groups is 2. The molecular formula is C18H16N2O8. The molecule has 10 nitrogen and oxygen atoms in total. The van der Waals surface area contributed by atoms with Crippen LogP contribution in [0.25, 0.3) is 0 Å². The molecule has 0 bridgehead atoms. The minimum atomic E-state index is -2.69. The fourth-order valence-corrected chi connectivity index (χ4v) is 3.08. The Morgan fingerprint density at radius 3 is 2.29 bits per heavy atom. The normalized spacial score (nSPS) is 18.1. The number of nitro groups is 1. The molecule has 1 aliphatic rings. The van der Waals surface area contributed by atoms with Gasteiger partial charge in [0.1, 0.15) is 0 Å². The Kier molecular flexibility index (Phi) is 4.65. The lowest BCUT2D eigenvalue weighted by atomic mass is 9.81. The standard InChI is InChI=1S/C18H16N2O8/c1-26-13-7-5-11(14(27-2)15(13)28-3)18(23)16(21)10-8-9(20(24)25)4-6-12(10)19-17(18)22/h4-8,23H,1-3H3,(H,19,22). The molecule has 0 fully saturated rings. The zero-order chi connectivity index (χ0) is 20.6. The molecule has 146 valence electrons. The zero-order valence-corrected chi connectivity index (χ0v) is 15.1. The predicted molar refractivity (Wildman–Crippen MR) is 96.1 cm³/mol. The topological polar surface area (TPSA) is 137 Å². The molecule has 0 spiro atoms. The van der Waals surface area contributed by atoms with Gasteiger partial charge in [-0.2, -0.15) is 0 Å². The van der Waals surface area contributed by atoms with Gasteiger partial charge < -0.3 is 24.6 Å². The van der Waals surface area contributed by atoms with Crippen LogP contribution in [0.3, 0.4) is 0 Å². The van der Waals surface area contributed by atoms with Crippen LogP contribution in [0.15, 0.2) is 30.3 Å². The van der Waals surface area contributed by atoms with Gasteiger partial charge in [0.25, 0.3) is 11.6 Å². The molecule has 1 aliphatic heterocycles. The zero-order valence-electron chi connectivity index (χ0n) is 15.1. The summed E-state index contributed by atoms with van der Waals surface area (Å²) in [5.41, 5.74) is -3.37. The Morgan fingerprint density at radius 1 is 1.04 bits per heavy atom. The average Bonchev–Trinajstić information content (AvgIpc) is 2.70. The second-order valence-electron chi connectivity index (χ2n) is 5.86. The molecule has 1 unspecified atom stereocenters. The van der Waals surface area contributed by atoms with E-state index in [9.17, 15) is 24.8 Å². The van der Waals surface area contributed by atoms with Crippen LogP contribution in [0.1, 0.15) is 15.9 Å². The van der Waals surface area contributed by atoms with Crippen molar-refractivity contribution in [2.45, 2.75) is 5.60 Å². The first kappa shape index (κ1) is 19.1. The van der Waals surface area contributed by atoms with Gasteiger partial charge in [0.2, 0.25) is 17.1 Å². The third-order valence-electron chi connectivity index (χ3n) is 4.46. The van der Waals surface area contributed by atoms with Crippen LogP contribution in [0.2, 0.25) is 0 Å². The number of fused-ring (bicyclic) bond motifs is 1. The third-order valence-corrected chi connectivity index (χ3v) is 4.46. The Morgan fingerprint density at radius 2 is 1.71 bits per heavy atom. The van der Waals surface area contributed by atoms with Gasteiger partial charge in [0.05, 0.1) is 37.5 Å². The lowest BCUT2D eigenvalue weighted by Gasteiger charge is -2.32. The SMILES string of the molecule is COc1ccc(C2(O)C(=O)Nc3ccc([N+](=O)[O-])cc3C2=O)c(OC)c1OC. The van der Waals surface area contributed by atoms with E-state index in [1.807, 2.05) is 0 Å². The van der Waals surface area contributed by atoms with Crippen LogP contribution in [0.5, 0.6) is 17.2 Å². The minimum absolute atomic E-state index is 0.0599. The molecule has 0 aromatic heterocycles. The van der Waals surface area contributed by atoms with Crippen molar-refractivity contribution < 1.29 is 33.8 Å². The number of anilines is 1. The predicted octanol–water partition coefficient (Wildman–Crippen LogP) is 1.64. The summed E-state index contributed by atoms with van der Waals surface area (Å²) >= 11 is 0. The third kappa shape index (κ3) is 2.62. The van der Waals surface area contributed by atoms with E-state index >= 15 is 0 Å². The summed E-state index contributed by atoms with van der Waals surface area (Å²) in [5.74, 6) is -1.81. The molecule has 1 atom stereocenters. The first-order valence-corrected chi connectivity index (χ1v) is 7.96. The number of amides is 1. The highest BCUT2D eigenvalue weighted by molar-refractivity contribution is 6.26. The van der Waals surface area contributed by atoms with Crippen LogP contribution in [0.4, 0.5) is 11.4 Å². The van der Waals surface area contributed by atoms with Crippen molar-refractivity contribution in [2.24, 2.45) is 0 Å². The fourth-order valence-electron chi connectivity index (χ4n) is 3.08. The maximum atomic E-state index is 13.1. The van der Waals surface area contributed by atoms with E-state index in [0.29, 0.717) is 0 Å². The van der Waals surface area contributed by atoms with Crippen LogP contribution in [-0.2, 0) is 10.4 Å². The number of hydrogen-bond donors (Lipinski definition) is 2. The van der Waals surface area contributed by atoms with Crippen molar-refractivity contribution in [3.05, 3.63) is 51.6 Å². The number of carbonyl (C=O) groups excluding carboxylic acids is 2. The molecule has 10 heteroatoms. The summed E-state index contributed by atoms with van der Waals surface area (Å²) < 4.78 is 15.7. The van der Waals surface area contributed by atoms with E-state index in [1.54, 1.807) is 0 Å². The molecule has 0 aliphatic carbocycles. The molecular weight excluding hydrogens is 372 g/mol. The van der Waals surface area contributed by atoms with Gasteiger partial charge in [0, 0.05) is 17.7 Å². The van der Waals surface area contributed by atoms with E-state index in [-0.39, 0.29) is 39.8 Å². The summed E-state index contributed by atoms with van der Waals surface area (Å²) in [6.45, 7) is 0. The maximum Gasteiger partial charge on any atom is 0.270 e. The number of nitro benzene ring substituents is 1. The van der Waals surface area contributed by atoms with Gasteiger partial charge in [-0.25, -0.2) is 0 Å². The molecule has 2 aromatic carbocycles. The molecule has 1 heterocycles. The highest BCUT2D eigenvalue weighted by atomic mass is 16.6. The van der Waals surface area contributed by atoms with Gasteiger partial charge in [-0.15, -0.1) is 0 Å². The number of ketones is 1. The number of ether oxygens (including phenoxy) is 3. The number of rotatable bonds is 5. The van der Waals surface area contributed by atoms with Gasteiger partial charge in [-0.3, -0.25) is 19.7 Å². The highest BCUT2D eigenvalue weighted by Crippen LogP contribution is 2.46. The Hall–Kier alpha value is -3.66. The molecule has 2 aromatic rings. The number of non-ortho nitro benzene ring substituents is 1. The van der Waals surface area contributed by atoms with Gasteiger partial charge >= 0.3 is 0 Å². The largest absolute Gasteiger partial charge is 0.493 e. The quantitative estimate of drug-likeness (QED) is 0.448. The van der Waals surface area contributed by atoms with Gasteiger partial charge in [-0.05, 0) is 18.2 Å². The lowest BCUT2D eigenvalue weighted by Crippen LogP contribution is -2.50. The molecule has 1 amide bonds. The number of nitrogens with one attached hydrogen (secondary N) is 1. The highest BCUT2D eigenvalue weighted by Gasteiger charge is 2.52. The first-order chi connectivity index (χ1) is 13.3. The maximum absolute atomic E-state index is 13.1. The smallest absolute Gasteiger partial charge is 0.270 e. The second kappa shape index (κ2) is 6.82. The van der Waals surface area contributed by atoms with Crippen molar-refractivity contribution in [1.29, 1.82) is 0 Å². The summed E-state index contributed by atoms with van der Waals surface area (Å²) in [7, 11) is 3.99. The van der Waals surface area contributed by atoms with Crippen molar-refractivity contribution >= 4 is 23.1 Å². The molecule has 28 heavy (non-hydrogen) atoms. The number of hydrogen-bond acceptors (Lipinski definition) is 8. The number of Topliss-reactive ketones (excluding diaryl/α,β-unsaturated/α-hetero) is 1. The Labute approximate surface area is 158 Å². The summed E-state index contributed by atoms with van der Waals surface area (Å²) in [6.07, 6.45) is 0. The van der Waals surface area contributed by atoms with Crippen molar-refractivity contribution in [3.63, 3.8) is 0 Å². The van der Waals surface area contributed by atoms with Crippen LogP contribution < -0.4 is 19.5 Å². The van der Waals surface area contributed by atoms with E-state index in [2.05, 4.69) is 5.32 Å². The van der Waals surface area contributed by atoms with Crippen molar-refractivity contribution in [2.75, 3.05) is 26.6 Å². The average molecular weight is 388 g/mol. The molecule has 3 rings (SSSR count). The first-order valence-electron chi connectivity index (χ1n) is 7.96. The van der Waals surface area contributed by atoms with Crippen molar-refractivity contribution in [1.82, 2.24) is 0 Å². The van der Waals surface area contributed by atoms with Crippen LogP contribution >= 0.6 is 0 Å². The van der Waals surface area contributed by atoms with Gasteiger partial charge in [-0.1, -0.05) is 0 Å².